The van der Waals surface area contributed by atoms with Crippen molar-refractivity contribution in [1.29, 1.82) is 0 Å². The lowest BCUT2D eigenvalue weighted by Crippen LogP contribution is -2.57. The Morgan fingerprint density at radius 1 is 1.45 bits per heavy atom. The zero-order valence-corrected chi connectivity index (χ0v) is 10.8. The van der Waals surface area contributed by atoms with Crippen LogP contribution in [0.15, 0.2) is 0 Å². The van der Waals surface area contributed by atoms with Crippen LogP contribution in [0.3, 0.4) is 0 Å². The van der Waals surface area contributed by atoms with E-state index in [2.05, 4.69) is 5.32 Å². The number of hydrogen-bond donors (Lipinski definition) is 6. The second-order valence-corrected chi connectivity index (χ2v) is 4.67. The highest BCUT2D eigenvalue weighted by atomic mass is 16.6. The number of aliphatic hydroxyl groups is 4. The average Bonchev–Trinajstić information content (AvgIpc) is 2.43. The Labute approximate surface area is 115 Å². The number of nitrogens with two attached hydrogens (primary N) is 1. The molecule has 1 aliphatic heterocycles. The van der Waals surface area contributed by atoms with E-state index in [1.807, 2.05) is 0 Å². The van der Waals surface area contributed by atoms with Crippen molar-refractivity contribution < 1.29 is 34.8 Å². The molecule has 0 aromatic carbocycles. The Morgan fingerprint density at radius 3 is 2.60 bits per heavy atom. The number of aliphatic hydroxyl groups excluding tert-OH is 4. The third kappa shape index (κ3) is 4.39. The first kappa shape index (κ1) is 16.8. The fourth-order valence-corrected chi connectivity index (χ4v) is 1.87. The molecule has 0 radical (unpaired) electrons. The molecule has 116 valence electrons. The smallest absolute Gasteiger partial charge is 0.323 e. The molecule has 1 rings (SSSR count). The quantitative estimate of drug-likeness (QED) is 0.260. The number of carbonyl (C=O) groups excluding carboxylic acids is 2. The summed E-state index contributed by atoms with van der Waals surface area (Å²) < 4.78 is 4.95. The maximum Gasteiger partial charge on any atom is 0.323 e. The molecule has 0 aromatic rings. The van der Waals surface area contributed by atoms with Crippen LogP contribution < -0.4 is 11.1 Å². The summed E-state index contributed by atoms with van der Waals surface area (Å²) in [7, 11) is 0. The van der Waals surface area contributed by atoms with Crippen molar-refractivity contribution >= 4 is 11.9 Å². The van der Waals surface area contributed by atoms with Crippen molar-refractivity contribution in [3.8, 4) is 0 Å². The van der Waals surface area contributed by atoms with E-state index in [0.29, 0.717) is 0 Å². The van der Waals surface area contributed by atoms with Gasteiger partial charge in [-0.3, -0.25) is 9.59 Å². The lowest BCUT2D eigenvalue weighted by atomic mass is 10.0. The Balaban J connectivity index is 2.50. The van der Waals surface area contributed by atoms with Gasteiger partial charge >= 0.3 is 5.97 Å². The molecule has 5 atom stereocenters. The molecule has 0 aromatic heterocycles. The highest BCUT2D eigenvalue weighted by Crippen LogP contribution is 2.14. The molecule has 1 saturated heterocycles. The van der Waals surface area contributed by atoms with Gasteiger partial charge in [-0.15, -0.1) is 0 Å². The molecule has 1 fully saturated rings. The second kappa shape index (κ2) is 7.50. The van der Waals surface area contributed by atoms with Crippen molar-refractivity contribution in [3.63, 3.8) is 0 Å². The molecular formula is C11H20N2O7. The van der Waals surface area contributed by atoms with Gasteiger partial charge in [0.25, 0.3) is 0 Å². The van der Waals surface area contributed by atoms with Crippen LogP contribution in [0.25, 0.3) is 0 Å². The fraction of sp³-hybridized carbons (Fsp3) is 0.818. The molecule has 9 heteroatoms. The molecule has 1 aliphatic rings. The largest absolute Gasteiger partial charge is 0.457 e. The van der Waals surface area contributed by atoms with Crippen LogP contribution in [0.5, 0.6) is 0 Å². The molecule has 1 amide bonds. The number of amides is 1. The van der Waals surface area contributed by atoms with Crippen LogP contribution in [0.2, 0.25) is 0 Å². The number of primary amides is 1. The predicted octanol–water partition coefficient (Wildman–Crippen LogP) is -3.79. The minimum atomic E-state index is -1.64. The van der Waals surface area contributed by atoms with Crippen molar-refractivity contribution in [2.75, 3.05) is 13.2 Å². The summed E-state index contributed by atoms with van der Waals surface area (Å²) in [4.78, 5) is 22.3. The molecular weight excluding hydrogens is 272 g/mol. The SMILES string of the molecule is NC(=O)CCC1NCC(C(O)C(O)C(O)CO)OC1=O. The van der Waals surface area contributed by atoms with Crippen LogP contribution in [0, 0.1) is 0 Å². The lowest BCUT2D eigenvalue weighted by Gasteiger charge is -2.34. The summed E-state index contributed by atoms with van der Waals surface area (Å²) in [5.41, 5.74) is 4.98. The molecule has 0 saturated carbocycles. The summed E-state index contributed by atoms with van der Waals surface area (Å²) >= 11 is 0. The van der Waals surface area contributed by atoms with Crippen molar-refractivity contribution in [2.24, 2.45) is 5.73 Å². The molecule has 9 nitrogen and oxygen atoms in total. The van der Waals surface area contributed by atoms with Gasteiger partial charge in [-0.2, -0.15) is 0 Å². The molecule has 7 N–H and O–H groups in total. The number of hydrogen-bond acceptors (Lipinski definition) is 8. The number of esters is 1. The van der Waals surface area contributed by atoms with E-state index >= 15 is 0 Å². The number of cyclic esters (lactones) is 1. The van der Waals surface area contributed by atoms with Crippen LogP contribution in [0.1, 0.15) is 12.8 Å². The van der Waals surface area contributed by atoms with Crippen molar-refractivity contribution in [3.05, 3.63) is 0 Å². The van der Waals surface area contributed by atoms with Crippen LogP contribution in [-0.4, -0.2) is 75.9 Å². The molecule has 20 heavy (non-hydrogen) atoms. The number of ether oxygens (including phenoxy) is 1. The van der Waals surface area contributed by atoms with Crippen molar-refractivity contribution in [1.82, 2.24) is 5.32 Å². The minimum absolute atomic E-state index is 0.0197. The Kier molecular flexibility index (Phi) is 6.30. The molecule has 0 aliphatic carbocycles. The monoisotopic (exact) mass is 292 g/mol. The number of rotatable bonds is 7. The maximum atomic E-state index is 11.6. The Hall–Kier alpha value is -1.26. The zero-order chi connectivity index (χ0) is 15.3. The summed E-state index contributed by atoms with van der Waals surface area (Å²) in [6, 6.07) is -0.703. The summed E-state index contributed by atoms with van der Waals surface area (Å²) in [5, 5.41) is 39.9. The predicted molar refractivity (Wildman–Crippen MR) is 65.2 cm³/mol. The third-order valence-corrected chi connectivity index (χ3v) is 3.11. The third-order valence-electron chi connectivity index (χ3n) is 3.11. The molecule has 0 bridgehead atoms. The van der Waals surface area contributed by atoms with Crippen LogP contribution in [0.4, 0.5) is 0 Å². The average molecular weight is 292 g/mol. The minimum Gasteiger partial charge on any atom is -0.457 e. The first-order valence-electron chi connectivity index (χ1n) is 6.24. The highest BCUT2D eigenvalue weighted by Gasteiger charge is 2.38. The first-order chi connectivity index (χ1) is 9.36. The number of carbonyl (C=O) groups is 2. The van der Waals surface area contributed by atoms with Gasteiger partial charge in [0.1, 0.15) is 30.5 Å². The number of morpholine rings is 1. The van der Waals surface area contributed by atoms with Gasteiger partial charge in [0.05, 0.1) is 6.61 Å². The van der Waals surface area contributed by atoms with Gasteiger partial charge in [0.15, 0.2) is 0 Å². The van der Waals surface area contributed by atoms with Crippen LogP contribution in [-0.2, 0) is 14.3 Å². The van der Waals surface area contributed by atoms with E-state index in [4.69, 9.17) is 15.6 Å². The van der Waals surface area contributed by atoms with E-state index in [1.54, 1.807) is 0 Å². The normalized spacial score (nSPS) is 27.5. The van der Waals surface area contributed by atoms with Gasteiger partial charge in [0.2, 0.25) is 5.91 Å². The zero-order valence-electron chi connectivity index (χ0n) is 10.8. The Morgan fingerprint density at radius 2 is 2.10 bits per heavy atom. The Bertz CT molecular complexity index is 352. The molecule has 1 heterocycles. The van der Waals surface area contributed by atoms with Crippen LogP contribution >= 0.6 is 0 Å². The topological polar surface area (TPSA) is 162 Å². The summed E-state index contributed by atoms with van der Waals surface area (Å²) in [6.07, 6.45) is -5.56. The molecule has 0 spiro atoms. The fourth-order valence-electron chi connectivity index (χ4n) is 1.87. The van der Waals surface area contributed by atoms with Gasteiger partial charge in [-0.25, -0.2) is 0 Å². The second-order valence-electron chi connectivity index (χ2n) is 4.67. The summed E-state index contributed by atoms with van der Waals surface area (Å²) in [6.45, 7) is -0.681. The maximum absolute atomic E-state index is 11.6. The standard InChI is InChI=1S/C11H20N2O7/c12-8(16)2-1-5-11(19)20-7(3-13-5)10(18)9(17)6(15)4-14/h5-7,9-10,13-15,17-18H,1-4H2,(H2,12,16). The highest BCUT2D eigenvalue weighted by molar-refractivity contribution is 5.79. The molecule has 5 unspecified atom stereocenters. The van der Waals surface area contributed by atoms with Crippen molar-refractivity contribution in [2.45, 2.75) is 43.3 Å². The van der Waals surface area contributed by atoms with Gasteiger partial charge in [0, 0.05) is 13.0 Å². The van der Waals surface area contributed by atoms with E-state index in [0.717, 1.165) is 0 Å². The van der Waals surface area contributed by atoms with Gasteiger partial charge in [-0.1, -0.05) is 0 Å². The van der Waals surface area contributed by atoms with E-state index in [9.17, 15) is 24.9 Å². The lowest BCUT2D eigenvalue weighted by molar-refractivity contribution is -0.175. The van der Waals surface area contributed by atoms with Gasteiger partial charge < -0.3 is 36.2 Å². The van der Waals surface area contributed by atoms with E-state index in [-0.39, 0.29) is 19.4 Å². The van der Waals surface area contributed by atoms with Gasteiger partial charge in [-0.05, 0) is 6.42 Å². The van der Waals surface area contributed by atoms with E-state index in [1.165, 1.54) is 0 Å². The first-order valence-corrected chi connectivity index (χ1v) is 6.24. The number of nitrogens with one attached hydrogen (secondary N) is 1. The van der Waals surface area contributed by atoms with E-state index < -0.39 is 48.9 Å². The summed E-state index contributed by atoms with van der Waals surface area (Å²) in [5.74, 6) is -1.21.